The van der Waals surface area contributed by atoms with Gasteiger partial charge in [-0.2, -0.15) is 0 Å². The van der Waals surface area contributed by atoms with Gasteiger partial charge in [-0.05, 0) is 23.8 Å². The number of ether oxygens (including phenoxy) is 1. The summed E-state index contributed by atoms with van der Waals surface area (Å²) in [6.07, 6.45) is 1.70. The summed E-state index contributed by atoms with van der Waals surface area (Å²) >= 11 is 6.11. The van der Waals surface area contributed by atoms with E-state index in [1.807, 2.05) is 6.07 Å². The first-order valence-electron chi connectivity index (χ1n) is 5.08. The molecule has 18 heavy (non-hydrogen) atoms. The molecule has 1 aromatic carbocycles. The van der Waals surface area contributed by atoms with E-state index < -0.39 is 0 Å². The molecule has 1 saturated heterocycles. The first kappa shape index (κ1) is 12.8. The average molecular weight is 279 g/mol. The molecule has 92 valence electrons. The Balaban J connectivity index is 2.24. The van der Waals surface area contributed by atoms with Gasteiger partial charge in [0, 0.05) is 6.92 Å². The lowest BCUT2D eigenvalue weighted by Crippen LogP contribution is -2.17. The molecule has 1 N–H and O–H groups in total. The van der Waals surface area contributed by atoms with Crippen LogP contribution < -0.4 is 10.1 Å². The zero-order valence-electron chi connectivity index (χ0n) is 9.43. The van der Waals surface area contributed by atoms with Crippen molar-refractivity contribution < 1.29 is 14.3 Å². The number of amides is 1. The van der Waals surface area contributed by atoms with Gasteiger partial charge in [-0.25, -0.2) is 0 Å². The fourth-order valence-corrected chi connectivity index (χ4v) is 2.45. The van der Waals surface area contributed by atoms with E-state index in [0.29, 0.717) is 15.0 Å². The number of esters is 1. The Morgan fingerprint density at radius 2 is 2.28 bits per heavy atom. The zero-order valence-corrected chi connectivity index (χ0v) is 11.1. The molecule has 0 saturated carbocycles. The zero-order chi connectivity index (χ0) is 13.1. The standard InChI is InChI=1S/C12H9NO3S2/c1-7(14)16-9-4-2-3-8(5-9)6-10-11(15)13-12(17)18-10/h2-6H,1H3,(H,13,15,17)/b10-6-. The van der Waals surface area contributed by atoms with Crippen LogP contribution in [-0.4, -0.2) is 16.2 Å². The van der Waals surface area contributed by atoms with Gasteiger partial charge < -0.3 is 10.1 Å². The highest BCUT2D eigenvalue weighted by molar-refractivity contribution is 8.26. The summed E-state index contributed by atoms with van der Waals surface area (Å²) in [7, 11) is 0. The van der Waals surface area contributed by atoms with Crippen LogP contribution in [0, 0.1) is 0 Å². The number of hydrogen-bond donors (Lipinski definition) is 1. The summed E-state index contributed by atoms with van der Waals surface area (Å²) in [5.74, 6) is -0.139. The summed E-state index contributed by atoms with van der Waals surface area (Å²) in [4.78, 5) is 22.8. The van der Waals surface area contributed by atoms with Gasteiger partial charge in [-0.15, -0.1) is 0 Å². The van der Waals surface area contributed by atoms with E-state index in [1.165, 1.54) is 18.7 Å². The number of thioether (sulfide) groups is 1. The third kappa shape index (κ3) is 3.18. The second-order valence-electron chi connectivity index (χ2n) is 3.52. The van der Waals surface area contributed by atoms with Gasteiger partial charge in [0.05, 0.1) is 4.91 Å². The second kappa shape index (κ2) is 5.32. The van der Waals surface area contributed by atoms with Gasteiger partial charge in [0.1, 0.15) is 10.1 Å². The smallest absolute Gasteiger partial charge is 0.308 e. The molecule has 0 radical (unpaired) electrons. The van der Waals surface area contributed by atoms with Crippen molar-refractivity contribution in [1.29, 1.82) is 0 Å². The molecule has 0 spiro atoms. The fourth-order valence-electron chi connectivity index (χ4n) is 1.41. The number of carbonyl (C=O) groups is 2. The van der Waals surface area contributed by atoms with E-state index in [4.69, 9.17) is 17.0 Å². The Morgan fingerprint density at radius 3 is 2.89 bits per heavy atom. The van der Waals surface area contributed by atoms with Crippen molar-refractivity contribution >= 4 is 46.3 Å². The maximum atomic E-state index is 11.5. The molecule has 2 rings (SSSR count). The predicted molar refractivity (Wildman–Crippen MR) is 74.1 cm³/mol. The molecule has 1 aliphatic rings. The normalized spacial score (nSPS) is 16.8. The molecule has 0 aromatic heterocycles. The molecule has 1 fully saturated rings. The molecule has 1 aromatic rings. The van der Waals surface area contributed by atoms with Crippen LogP contribution in [0.1, 0.15) is 12.5 Å². The van der Waals surface area contributed by atoms with Gasteiger partial charge in [0.15, 0.2) is 0 Å². The summed E-state index contributed by atoms with van der Waals surface area (Å²) in [6, 6.07) is 6.93. The minimum absolute atomic E-state index is 0.206. The van der Waals surface area contributed by atoms with E-state index >= 15 is 0 Å². The molecule has 1 amide bonds. The fraction of sp³-hybridized carbons (Fsp3) is 0.0833. The molecular weight excluding hydrogens is 270 g/mol. The number of hydrogen-bond acceptors (Lipinski definition) is 5. The van der Waals surface area contributed by atoms with Gasteiger partial charge >= 0.3 is 5.97 Å². The van der Waals surface area contributed by atoms with Crippen molar-refractivity contribution in [3.63, 3.8) is 0 Å². The van der Waals surface area contributed by atoms with Crippen molar-refractivity contribution in [3.05, 3.63) is 34.7 Å². The van der Waals surface area contributed by atoms with Crippen LogP contribution in [0.4, 0.5) is 0 Å². The third-order valence-electron chi connectivity index (χ3n) is 2.06. The minimum atomic E-state index is -0.381. The molecule has 4 nitrogen and oxygen atoms in total. The maximum absolute atomic E-state index is 11.5. The molecule has 0 unspecified atom stereocenters. The number of rotatable bonds is 2. The van der Waals surface area contributed by atoms with E-state index in [1.54, 1.807) is 24.3 Å². The second-order valence-corrected chi connectivity index (χ2v) is 5.24. The van der Waals surface area contributed by atoms with Crippen molar-refractivity contribution in [2.45, 2.75) is 6.92 Å². The van der Waals surface area contributed by atoms with Crippen LogP contribution in [-0.2, 0) is 9.59 Å². The highest BCUT2D eigenvalue weighted by atomic mass is 32.2. The third-order valence-corrected chi connectivity index (χ3v) is 3.22. The minimum Gasteiger partial charge on any atom is -0.427 e. The van der Waals surface area contributed by atoms with Crippen LogP contribution in [0.25, 0.3) is 6.08 Å². The highest BCUT2D eigenvalue weighted by Crippen LogP contribution is 2.26. The summed E-state index contributed by atoms with van der Waals surface area (Å²) < 4.78 is 5.41. The lowest BCUT2D eigenvalue weighted by Gasteiger charge is -2.02. The topological polar surface area (TPSA) is 55.4 Å². The van der Waals surface area contributed by atoms with E-state index in [0.717, 1.165) is 5.56 Å². The van der Waals surface area contributed by atoms with Crippen LogP contribution in [0.2, 0.25) is 0 Å². The molecule has 6 heteroatoms. The van der Waals surface area contributed by atoms with Crippen molar-refractivity contribution in [2.24, 2.45) is 0 Å². The summed E-state index contributed by atoms with van der Waals surface area (Å²) in [5.41, 5.74) is 0.774. The molecule has 0 aliphatic carbocycles. The highest BCUT2D eigenvalue weighted by Gasteiger charge is 2.21. The number of thiocarbonyl (C=S) groups is 1. The largest absolute Gasteiger partial charge is 0.427 e. The van der Waals surface area contributed by atoms with Gasteiger partial charge in [0.25, 0.3) is 5.91 Å². The molecule has 1 aliphatic heterocycles. The number of benzene rings is 1. The Morgan fingerprint density at radius 1 is 1.50 bits per heavy atom. The Kier molecular flexibility index (Phi) is 3.78. The first-order valence-corrected chi connectivity index (χ1v) is 6.30. The Hall–Kier alpha value is -1.66. The first-order chi connectivity index (χ1) is 8.54. The van der Waals surface area contributed by atoms with Crippen LogP contribution in [0.5, 0.6) is 5.75 Å². The van der Waals surface area contributed by atoms with Crippen molar-refractivity contribution in [3.8, 4) is 5.75 Å². The van der Waals surface area contributed by atoms with Crippen molar-refractivity contribution in [1.82, 2.24) is 5.32 Å². The van der Waals surface area contributed by atoms with E-state index in [2.05, 4.69) is 5.32 Å². The lowest BCUT2D eigenvalue weighted by molar-refractivity contribution is -0.131. The number of carbonyl (C=O) groups excluding carboxylic acids is 2. The Labute approximate surface area is 113 Å². The maximum Gasteiger partial charge on any atom is 0.308 e. The quantitative estimate of drug-likeness (QED) is 0.389. The SMILES string of the molecule is CC(=O)Oc1cccc(/C=C2\SC(=S)NC2=O)c1. The van der Waals surface area contributed by atoms with Gasteiger partial charge in [-0.1, -0.05) is 36.1 Å². The Bertz CT molecular complexity index is 566. The number of nitrogens with one attached hydrogen (secondary N) is 1. The van der Waals surface area contributed by atoms with Crippen LogP contribution in [0.15, 0.2) is 29.2 Å². The lowest BCUT2D eigenvalue weighted by atomic mass is 10.2. The monoisotopic (exact) mass is 279 g/mol. The summed E-state index contributed by atoms with van der Waals surface area (Å²) in [5, 5.41) is 2.54. The van der Waals surface area contributed by atoms with Gasteiger partial charge in [-0.3, -0.25) is 9.59 Å². The summed E-state index contributed by atoms with van der Waals surface area (Å²) in [6.45, 7) is 1.34. The van der Waals surface area contributed by atoms with Crippen LogP contribution >= 0.6 is 24.0 Å². The average Bonchev–Trinajstić information content (AvgIpc) is 2.57. The molecule has 1 heterocycles. The molecular formula is C12H9NO3S2. The van der Waals surface area contributed by atoms with E-state index in [-0.39, 0.29) is 11.9 Å². The van der Waals surface area contributed by atoms with E-state index in [9.17, 15) is 9.59 Å². The van der Waals surface area contributed by atoms with Crippen molar-refractivity contribution in [2.75, 3.05) is 0 Å². The predicted octanol–water partition coefficient (Wildman–Crippen LogP) is 2.10. The molecule has 0 bridgehead atoms. The van der Waals surface area contributed by atoms with Crippen LogP contribution in [0.3, 0.4) is 0 Å². The van der Waals surface area contributed by atoms with Gasteiger partial charge in [0.2, 0.25) is 0 Å². The molecule has 0 atom stereocenters.